The van der Waals surface area contributed by atoms with Crippen molar-refractivity contribution in [3.63, 3.8) is 0 Å². The van der Waals surface area contributed by atoms with Crippen molar-refractivity contribution in [3.8, 4) is 6.07 Å². The van der Waals surface area contributed by atoms with Crippen LogP contribution in [0.2, 0.25) is 0 Å². The number of nitrogens with zero attached hydrogens (tertiary/aromatic N) is 2. The Labute approximate surface area is 201 Å². The molecular weight excluding hydrogens is 427 g/mol. The molecule has 0 radical (unpaired) electrons. The molecule has 0 saturated heterocycles. The Morgan fingerprint density at radius 1 is 1.06 bits per heavy atom. The van der Waals surface area contributed by atoms with Gasteiger partial charge in [-0.15, -0.1) is 0 Å². The third-order valence-electron chi connectivity index (χ3n) is 6.69. The van der Waals surface area contributed by atoms with Crippen LogP contribution in [0.15, 0.2) is 60.7 Å². The molecule has 0 aromatic heterocycles. The number of halogens is 1. The van der Waals surface area contributed by atoms with Crippen LogP contribution in [0.1, 0.15) is 75.6 Å². The largest absolute Gasteiger partial charge is 0.444 e. The van der Waals surface area contributed by atoms with Crippen molar-refractivity contribution >= 4 is 16.9 Å². The van der Waals surface area contributed by atoms with Gasteiger partial charge in [0, 0.05) is 11.4 Å². The summed E-state index contributed by atoms with van der Waals surface area (Å²) in [4.78, 5) is 15.3. The summed E-state index contributed by atoms with van der Waals surface area (Å²) in [5.41, 5.74) is 2.12. The van der Waals surface area contributed by atoms with E-state index in [1.165, 1.54) is 11.6 Å². The Hall–Kier alpha value is -3.39. The van der Waals surface area contributed by atoms with Crippen LogP contribution in [0, 0.1) is 17.1 Å². The van der Waals surface area contributed by atoms with E-state index in [4.69, 9.17) is 10.00 Å². The van der Waals surface area contributed by atoms with E-state index in [0.29, 0.717) is 16.9 Å². The number of ether oxygens (including phenoxy) is 1. The fourth-order valence-electron chi connectivity index (χ4n) is 5.08. The second kappa shape index (κ2) is 9.46. The summed E-state index contributed by atoms with van der Waals surface area (Å²) >= 11 is 0. The molecule has 34 heavy (non-hydrogen) atoms. The van der Waals surface area contributed by atoms with Gasteiger partial charge in [0.2, 0.25) is 0 Å². The van der Waals surface area contributed by atoms with E-state index in [0.717, 1.165) is 30.2 Å². The van der Waals surface area contributed by atoms with Crippen molar-refractivity contribution in [2.24, 2.45) is 0 Å². The van der Waals surface area contributed by atoms with Crippen LogP contribution in [-0.4, -0.2) is 22.6 Å². The SMILES string of the molecule is CC(c1ccc(F)c2ccccc12)N(C(=O)OC(C)(C)C)C1CCC(c2ccc(C#N)cc2)C1. The normalized spacial score (nSPS) is 18.9. The van der Waals surface area contributed by atoms with Crippen LogP contribution in [-0.2, 0) is 4.74 Å². The lowest BCUT2D eigenvalue weighted by Crippen LogP contribution is -2.44. The first-order valence-corrected chi connectivity index (χ1v) is 11.9. The number of rotatable bonds is 4. The van der Waals surface area contributed by atoms with Gasteiger partial charge in [0.05, 0.1) is 17.7 Å². The predicted molar refractivity (Wildman–Crippen MR) is 132 cm³/mol. The first kappa shape index (κ1) is 23.8. The molecule has 0 bridgehead atoms. The maximum absolute atomic E-state index is 14.5. The second-order valence-corrected chi connectivity index (χ2v) is 10.1. The monoisotopic (exact) mass is 458 g/mol. The van der Waals surface area contributed by atoms with Gasteiger partial charge in [-0.3, -0.25) is 4.90 Å². The van der Waals surface area contributed by atoms with Crippen LogP contribution in [0.5, 0.6) is 0 Å². The molecule has 0 spiro atoms. The van der Waals surface area contributed by atoms with Gasteiger partial charge in [0.15, 0.2) is 0 Å². The first-order chi connectivity index (χ1) is 16.2. The predicted octanol–water partition coefficient (Wildman–Crippen LogP) is 7.48. The van der Waals surface area contributed by atoms with Gasteiger partial charge in [0.1, 0.15) is 11.4 Å². The maximum atomic E-state index is 14.5. The van der Waals surface area contributed by atoms with Gasteiger partial charge < -0.3 is 4.74 Å². The summed E-state index contributed by atoms with van der Waals surface area (Å²) in [6.45, 7) is 7.61. The van der Waals surface area contributed by atoms with E-state index in [-0.39, 0.29) is 24.0 Å². The molecular formula is C29H31FN2O2. The van der Waals surface area contributed by atoms with Crippen LogP contribution < -0.4 is 0 Å². The average Bonchev–Trinajstić information content (AvgIpc) is 3.28. The molecule has 5 heteroatoms. The summed E-state index contributed by atoms with van der Waals surface area (Å²) in [5.74, 6) is 0.0388. The number of carbonyl (C=O) groups is 1. The van der Waals surface area contributed by atoms with Crippen molar-refractivity contribution < 1.29 is 13.9 Å². The van der Waals surface area contributed by atoms with Gasteiger partial charge in [-0.25, -0.2) is 9.18 Å². The maximum Gasteiger partial charge on any atom is 0.411 e. The van der Waals surface area contributed by atoms with Gasteiger partial charge in [-0.1, -0.05) is 42.5 Å². The van der Waals surface area contributed by atoms with Crippen molar-refractivity contribution in [2.45, 2.75) is 70.6 Å². The Bertz CT molecular complexity index is 1220. The van der Waals surface area contributed by atoms with E-state index in [2.05, 4.69) is 6.07 Å². The molecule has 0 N–H and O–H groups in total. The summed E-state index contributed by atoms with van der Waals surface area (Å²) in [5, 5.41) is 10.5. The fourth-order valence-corrected chi connectivity index (χ4v) is 5.08. The van der Waals surface area contributed by atoms with Gasteiger partial charge in [-0.2, -0.15) is 5.26 Å². The van der Waals surface area contributed by atoms with Crippen molar-refractivity contribution in [3.05, 3.63) is 83.2 Å². The Kier molecular flexibility index (Phi) is 6.61. The topological polar surface area (TPSA) is 53.3 Å². The minimum Gasteiger partial charge on any atom is -0.444 e. The molecule has 1 aliphatic rings. The number of benzene rings is 3. The highest BCUT2D eigenvalue weighted by atomic mass is 19.1. The van der Waals surface area contributed by atoms with E-state index in [9.17, 15) is 9.18 Å². The molecule has 176 valence electrons. The number of nitriles is 1. The van der Waals surface area contributed by atoms with Crippen molar-refractivity contribution in [1.82, 2.24) is 4.90 Å². The molecule has 1 saturated carbocycles. The number of hydrogen-bond donors (Lipinski definition) is 0. The van der Waals surface area contributed by atoms with E-state index in [1.54, 1.807) is 12.1 Å². The van der Waals surface area contributed by atoms with E-state index < -0.39 is 5.60 Å². The minimum absolute atomic E-state index is 0.00527. The molecule has 0 heterocycles. The lowest BCUT2D eigenvalue weighted by atomic mass is 9.95. The molecule has 3 aromatic carbocycles. The highest BCUT2D eigenvalue weighted by Crippen LogP contribution is 2.41. The van der Waals surface area contributed by atoms with E-state index >= 15 is 0 Å². The first-order valence-electron chi connectivity index (χ1n) is 11.9. The van der Waals surface area contributed by atoms with Gasteiger partial charge in [0.25, 0.3) is 0 Å². The molecule has 4 rings (SSSR count). The molecule has 0 aliphatic heterocycles. The van der Waals surface area contributed by atoms with Crippen molar-refractivity contribution in [2.75, 3.05) is 0 Å². The van der Waals surface area contributed by atoms with E-state index in [1.807, 2.05) is 75.1 Å². The Balaban J connectivity index is 1.67. The summed E-state index contributed by atoms with van der Waals surface area (Å²) in [7, 11) is 0. The lowest BCUT2D eigenvalue weighted by molar-refractivity contribution is 0.00693. The van der Waals surface area contributed by atoms with Crippen molar-refractivity contribution in [1.29, 1.82) is 5.26 Å². The highest BCUT2D eigenvalue weighted by molar-refractivity contribution is 5.87. The zero-order valence-corrected chi connectivity index (χ0v) is 20.2. The zero-order chi connectivity index (χ0) is 24.5. The number of carbonyl (C=O) groups excluding carboxylic acids is 1. The third-order valence-corrected chi connectivity index (χ3v) is 6.69. The van der Waals surface area contributed by atoms with Crippen LogP contribution in [0.3, 0.4) is 0 Å². The molecule has 1 amide bonds. The number of fused-ring (bicyclic) bond motifs is 1. The molecule has 3 unspecified atom stereocenters. The lowest BCUT2D eigenvalue weighted by Gasteiger charge is -2.37. The average molecular weight is 459 g/mol. The molecule has 4 nitrogen and oxygen atoms in total. The molecule has 3 aromatic rings. The minimum atomic E-state index is -0.620. The Morgan fingerprint density at radius 3 is 2.38 bits per heavy atom. The fraction of sp³-hybridized carbons (Fsp3) is 0.379. The standard InChI is InChI=1S/C29H31FN2O2/c1-19(24-15-16-27(30)26-8-6-5-7-25(24)26)32(28(33)34-29(2,3)4)23-14-13-22(17-23)21-11-9-20(18-31)10-12-21/h5-12,15-16,19,22-23H,13-14,17H2,1-4H3. The van der Waals surface area contributed by atoms with Crippen LogP contribution in [0.25, 0.3) is 10.8 Å². The number of hydrogen-bond acceptors (Lipinski definition) is 3. The van der Waals surface area contributed by atoms with Crippen LogP contribution >= 0.6 is 0 Å². The summed E-state index contributed by atoms with van der Waals surface area (Å²) < 4.78 is 20.3. The Morgan fingerprint density at radius 2 is 1.74 bits per heavy atom. The zero-order valence-electron chi connectivity index (χ0n) is 20.2. The third kappa shape index (κ3) is 4.92. The van der Waals surface area contributed by atoms with Gasteiger partial charge in [-0.05, 0) is 87.6 Å². The smallest absolute Gasteiger partial charge is 0.411 e. The number of amides is 1. The molecule has 3 atom stereocenters. The van der Waals surface area contributed by atoms with Crippen LogP contribution in [0.4, 0.5) is 9.18 Å². The molecule has 1 aliphatic carbocycles. The quantitative estimate of drug-likeness (QED) is 0.407. The second-order valence-electron chi connectivity index (χ2n) is 10.1. The summed E-state index contributed by atoms with van der Waals surface area (Å²) in [6.07, 6.45) is 2.27. The van der Waals surface area contributed by atoms with Gasteiger partial charge >= 0.3 is 6.09 Å². The summed E-state index contributed by atoms with van der Waals surface area (Å²) in [6, 6.07) is 20.3. The highest BCUT2D eigenvalue weighted by Gasteiger charge is 2.38. The molecule has 1 fully saturated rings.